The Balaban J connectivity index is 2.18. The third-order valence-corrected chi connectivity index (χ3v) is 2.11. The van der Waals surface area contributed by atoms with Crippen LogP contribution in [0.2, 0.25) is 0 Å². The molecule has 0 saturated carbocycles. The quantitative estimate of drug-likeness (QED) is 0.565. The van der Waals surface area contributed by atoms with Crippen molar-refractivity contribution in [3.8, 4) is 0 Å². The van der Waals surface area contributed by atoms with Crippen LogP contribution in [0.15, 0.2) is 36.8 Å². The van der Waals surface area contributed by atoms with Crippen LogP contribution in [0.4, 0.5) is 0 Å². The van der Waals surface area contributed by atoms with Crippen molar-refractivity contribution in [1.29, 1.82) is 0 Å². The van der Waals surface area contributed by atoms with Gasteiger partial charge in [0.15, 0.2) is 6.20 Å². The van der Waals surface area contributed by atoms with E-state index < -0.39 is 0 Å². The molecule has 0 bridgehead atoms. The van der Waals surface area contributed by atoms with Crippen LogP contribution >= 0.6 is 0 Å². The van der Waals surface area contributed by atoms with Crippen LogP contribution in [-0.2, 0) is 9.53 Å². The molecule has 0 radical (unpaired) electrons. The largest absolute Gasteiger partial charge is 0.468 e. The Morgan fingerprint density at radius 1 is 1.53 bits per heavy atom. The molecule has 0 unspecified atom stereocenters. The molecule has 5 nitrogen and oxygen atoms in total. The zero-order valence-electron chi connectivity index (χ0n) is 8.38. The van der Waals surface area contributed by atoms with E-state index in [9.17, 15) is 4.79 Å². The van der Waals surface area contributed by atoms with E-state index in [1.54, 1.807) is 4.68 Å². The smallest absolute Gasteiger partial charge is 0.328 e. The van der Waals surface area contributed by atoms with Gasteiger partial charge in [-0.1, -0.05) is 6.07 Å². The highest BCUT2D eigenvalue weighted by atomic mass is 16.5. The molecule has 0 atom stereocenters. The van der Waals surface area contributed by atoms with Crippen LogP contribution in [0, 0.1) is 0 Å². The van der Waals surface area contributed by atoms with Gasteiger partial charge in [0.05, 0.1) is 13.3 Å². The summed E-state index contributed by atoms with van der Waals surface area (Å²) < 4.78 is 8.26. The molecule has 2 aromatic rings. The Labute approximate surface area is 86.9 Å². The van der Waals surface area contributed by atoms with E-state index in [1.807, 2.05) is 41.2 Å². The lowest BCUT2D eigenvalue weighted by Gasteiger charge is -2.00. The second-order valence-corrected chi connectivity index (χ2v) is 3.05. The summed E-state index contributed by atoms with van der Waals surface area (Å²) in [7, 11) is 1.37. The van der Waals surface area contributed by atoms with Gasteiger partial charge in [0.1, 0.15) is 12.7 Å². The summed E-state index contributed by atoms with van der Waals surface area (Å²) in [4.78, 5) is 10.9. The van der Waals surface area contributed by atoms with Crippen LogP contribution in [0.1, 0.15) is 0 Å². The number of aromatic nitrogens is 2. The number of carbonyl (C=O) groups excluding carboxylic acids is 1. The summed E-state index contributed by atoms with van der Waals surface area (Å²) in [6.07, 6.45) is 5.68. The van der Waals surface area contributed by atoms with Gasteiger partial charge in [-0.05, 0) is 6.07 Å². The lowest BCUT2D eigenvalue weighted by molar-refractivity contribution is -0.510. The van der Waals surface area contributed by atoms with Gasteiger partial charge in [0, 0.05) is 6.07 Å². The van der Waals surface area contributed by atoms with Gasteiger partial charge in [-0.15, -0.1) is 4.68 Å². The molecule has 2 aromatic heterocycles. The zero-order valence-corrected chi connectivity index (χ0v) is 8.38. The SMILES string of the molecule is COC(=O)CNn1cc[n+]2ccccc12. The molecular weight excluding hydrogens is 194 g/mol. The van der Waals surface area contributed by atoms with Crippen molar-refractivity contribution in [3.05, 3.63) is 36.8 Å². The number of hydrogen-bond acceptors (Lipinski definition) is 3. The van der Waals surface area contributed by atoms with Crippen molar-refractivity contribution >= 4 is 11.6 Å². The number of imidazole rings is 1. The van der Waals surface area contributed by atoms with E-state index in [-0.39, 0.29) is 12.5 Å². The monoisotopic (exact) mass is 206 g/mol. The summed E-state index contributed by atoms with van der Waals surface area (Å²) in [6.45, 7) is 0.149. The molecule has 0 amide bonds. The van der Waals surface area contributed by atoms with Gasteiger partial charge in [-0.3, -0.25) is 4.79 Å². The molecule has 15 heavy (non-hydrogen) atoms. The van der Waals surface area contributed by atoms with E-state index >= 15 is 0 Å². The van der Waals surface area contributed by atoms with Crippen molar-refractivity contribution in [3.63, 3.8) is 0 Å². The minimum Gasteiger partial charge on any atom is -0.468 e. The highest BCUT2D eigenvalue weighted by molar-refractivity contribution is 5.72. The van der Waals surface area contributed by atoms with Gasteiger partial charge in [0.2, 0.25) is 0 Å². The molecule has 0 saturated heterocycles. The van der Waals surface area contributed by atoms with Crippen molar-refractivity contribution in [2.24, 2.45) is 0 Å². The molecule has 0 aliphatic carbocycles. The zero-order chi connectivity index (χ0) is 10.7. The molecule has 2 heterocycles. The summed E-state index contributed by atoms with van der Waals surface area (Å²) in [6, 6.07) is 5.83. The van der Waals surface area contributed by atoms with Crippen LogP contribution in [-0.4, -0.2) is 24.3 Å². The average molecular weight is 206 g/mol. The summed E-state index contributed by atoms with van der Waals surface area (Å²) in [5, 5.41) is 0. The number of ether oxygens (including phenoxy) is 1. The highest BCUT2D eigenvalue weighted by Gasteiger charge is 2.09. The van der Waals surface area contributed by atoms with Crippen LogP contribution in [0.3, 0.4) is 0 Å². The Kier molecular flexibility index (Phi) is 2.53. The van der Waals surface area contributed by atoms with Crippen molar-refractivity contribution < 1.29 is 13.9 Å². The Morgan fingerprint density at radius 3 is 3.20 bits per heavy atom. The molecule has 2 rings (SSSR count). The first-order valence-electron chi connectivity index (χ1n) is 4.59. The third-order valence-electron chi connectivity index (χ3n) is 2.11. The lowest BCUT2D eigenvalue weighted by atomic mass is 10.5. The molecule has 78 valence electrons. The van der Waals surface area contributed by atoms with Gasteiger partial charge in [0.25, 0.3) is 0 Å². The fourth-order valence-electron chi connectivity index (χ4n) is 1.35. The predicted octanol–water partition coefficient (Wildman–Crippen LogP) is -0.0567. The first-order chi connectivity index (χ1) is 7.31. The molecule has 5 heteroatoms. The number of rotatable bonds is 3. The topological polar surface area (TPSA) is 47.4 Å². The first kappa shape index (κ1) is 9.51. The number of nitrogens with one attached hydrogen (secondary N) is 1. The summed E-state index contributed by atoms with van der Waals surface area (Å²) in [5.74, 6) is -0.294. The van der Waals surface area contributed by atoms with Crippen molar-refractivity contribution in [1.82, 2.24) is 4.68 Å². The minimum absolute atomic E-state index is 0.149. The maximum atomic E-state index is 10.9. The van der Waals surface area contributed by atoms with Gasteiger partial charge in [-0.25, -0.2) is 9.83 Å². The normalized spacial score (nSPS) is 10.2. The predicted molar refractivity (Wildman–Crippen MR) is 53.8 cm³/mol. The fourth-order valence-corrected chi connectivity index (χ4v) is 1.35. The fraction of sp³-hybridized carbons (Fsp3) is 0.200. The molecule has 0 aliphatic heterocycles. The lowest BCUT2D eigenvalue weighted by Crippen LogP contribution is -2.25. The minimum atomic E-state index is -0.294. The maximum absolute atomic E-state index is 10.9. The van der Waals surface area contributed by atoms with Crippen LogP contribution < -0.4 is 9.83 Å². The molecule has 0 spiro atoms. The third kappa shape index (κ3) is 1.90. The average Bonchev–Trinajstić information content (AvgIpc) is 2.69. The summed E-state index contributed by atoms with van der Waals surface area (Å²) >= 11 is 0. The molecular formula is C10H12N3O2+. The molecule has 1 N–H and O–H groups in total. The number of pyridine rings is 1. The standard InChI is InChI=1S/C10H12N3O2/c1-15-10(14)8-11-13-7-6-12-5-3-2-4-9(12)13/h2-7,11H,8H2,1H3/q+1. The van der Waals surface area contributed by atoms with E-state index in [1.165, 1.54) is 7.11 Å². The number of fused-ring (bicyclic) bond motifs is 1. The molecule has 0 fully saturated rings. The van der Waals surface area contributed by atoms with Crippen LogP contribution in [0.5, 0.6) is 0 Å². The highest BCUT2D eigenvalue weighted by Crippen LogP contribution is 1.94. The Hall–Kier alpha value is -2.04. The van der Waals surface area contributed by atoms with Gasteiger partial charge < -0.3 is 4.74 Å². The van der Waals surface area contributed by atoms with Gasteiger partial charge >= 0.3 is 11.6 Å². The Morgan fingerprint density at radius 2 is 2.40 bits per heavy atom. The second kappa shape index (κ2) is 4.00. The van der Waals surface area contributed by atoms with Crippen molar-refractivity contribution in [2.45, 2.75) is 0 Å². The number of methoxy groups -OCH3 is 1. The number of carbonyl (C=O) groups is 1. The molecule has 0 aromatic carbocycles. The van der Waals surface area contributed by atoms with E-state index in [0.29, 0.717) is 0 Å². The van der Waals surface area contributed by atoms with Gasteiger partial charge in [-0.2, -0.15) is 0 Å². The maximum Gasteiger partial charge on any atom is 0.328 e. The second-order valence-electron chi connectivity index (χ2n) is 3.05. The van der Waals surface area contributed by atoms with E-state index in [4.69, 9.17) is 0 Å². The first-order valence-corrected chi connectivity index (χ1v) is 4.59. The van der Waals surface area contributed by atoms with E-state index in [0.717, 1.165) is 5.65 Å². The van der Waals surface area contributed by atoms with Crippen molar-refractivity contribution in [2.75, 3.05) is 19.1 Å². The summed E-state index contributed by atoms with van der Waals surface area (Å²) in [5.41, 5.74) is 3.90. The number of hydrogen-bond donors (Lipinski definition) is 1. The number of nitrogens with zero attached hydrogens (tertiary/aromatic N) is 2. The molecule has 0 aliphatic rings. The van der Waals surface area contributed by atoms with Crippen LogP contribution in [0.25, 0.3) is 5.65 Å². The van der Waals surface area contributed by atoms with E-state index in [2.05, 4.69) is 10.2 Å². The Bertz CT molecular complexity index is 478. The number of esters is 1.